The van der Waals surface area contributed by atoms with Crippen LogP contribution in [0.5, 0.6) is 0 Å². The number of nitrogens with one attached hydrogen (secondary N) is 2. The Morgan fingerprint density at radius 1 is 1.25 bits per heavy atom. The molecule has 0 aliphatic carbocycles. The molecule has 146 valence electrons. The standard InChI is InChI=1S/C19H20N4O4S/c24-18(21-19(28)20-15-11-22-8-6-12(15)7-9-22)17-5-4-16(27-17)13-2-1-3-14(10-13)23(25)26/h1-5,10,12,15H,6-9,11H2,(H2,20,21,24,28). The van der Waals surface area contributed by atoms with Crippen LogP contribution in [0.15, 0.2) is 40.8 Å². The minimum Gasteiger partial charge on any atom is -0.451 e. The number of benzene rings is 1. The molecule has 28 heavy (non-hydrogen) atoms. The first-order valence-electron chi connectivity index (χ1n) is 9.18. The Morgan fingerprint density at radius 2 is 2.04 bits per heavy atom. The van der Waals surface area contributed by atoms with E-state index in [1.54, 1.807) is 18.2 Å². The number of carbonyl (C=O) groups is 1. The van der Waals surface area contributed by atoms with Crippen molar-refractivity contribution in [3.8, 4) is 11.3 Å². The number of amides is 1. The topological polar surface area (TPSA) is 101 Å². The van der Waals surface area contributed by atoms with Crippen molar-refractivity contribution < 1.29 is 14.1 Å². The Balaban J connectivity index is 1.38. The number of non-ortho nitro benzene ring substituents is 1. The number of piperidine rings is 3. The molecule has 2 aromatic rings. The van der Waals surface area contributed by atoms with Crippen molar-refractivity contribution in [2.24, 2.45) is 5.92 Å². The SMILES string of the molecule is O=C(NC(=S)NC1CN2CCC1CC2)c1ccc(-c2cccc([N+](=O)[O-])c2)o1. The highest BCUT2D eigenvalue weighted by molar-refractivity contribution is 7.80. The van der Waals surface area contributed by atoms with Crippen molar-refractivity contribution in [3.05, 3.63) is 52.3 Å². The first-order chi connectivity index (χ1) is 13.5. The van der Waals surface area contributed by atoms with E-state index in [-0.39, 0.29) is 22.6 Å². The van der Waals surface area contributed by atoms with E-state index in [2.05, 4.69) is 15.5 Å². The zero-order chi connectivity index (χ0) is 19.7. The summed E-state index contributed by atoms with van der Waals surface area (Å²) in [6, 6.07) is 9.46. The highest BCUT2D eigenvalue weighted by Gasteiger charge is 2.34. The van der Waals surface area contributed by atoms with Crippen LogP contribution in [0.25, 0.3) is 11.3 Å². The van der Waals surface area contributed by atoms with Gasteiger partial charge in [-0.1, -0.05) is 12.1 Å². The van der Waals surface area contributed by atoms with Gasteiger partial charge in [0.1, 0.15) is 5.76 Å². The number of nitro benzene ring substituents is 1. The van der Waals surface area contributed by atoms with Gasteiger partial charge in [-0.15, -0.1) is 0 Å². The molecule has 3 fully saturated rings. The summed E-state index contributed by atoms with van der Waals surface area (Å²) >= 11 is 5.29. The van der Waals surface area contributed by atoms with Gasteiger partial charge >= 0.3 is 0 Å². The molecule has 4 heterocycles. The fraction of sp³-hybridized carbons (Fsp3) is 0.368. The number of nitrogens with zero attached hydrogens (tertiary/aromatic N) is 2. The number of hydrogen-bond acceptors (Lipinski definition) is 6. The number of carbonyl (C=O) groups excluding carboxylic acids is 1. The van der Waals surface area contributed by atoms with Crippen LogP contribution in [-0.2, 0) is 0 Å². The summed E-state index contributed by atoms with van der Waals surface area (Å²) in [6.07, 6.45) is 2.30. The second kappa shape index (κ2) is 7.69. The molecule has 9 heteroatoms. The summed E-state index contributed by atoms with van der Waals surface area (Å²) in [5.41, 5.74) is 0.490. The number of fused-ring (bicyclic) bond motifs is 3. The molecule has 0 spiro atoms. The molecular weight excluding hydrogens is 380 g/mol. The van der Waals surface area contributed by atoms with E-state index in [0.717, 1.165) is 32.5 Å². The molecule has 1 amide bonds. The fourth-order valence-corrected chi connectivity index (χ4v) is 4.13. The molecule has 5 rings (SSSR count). The first-order valence-corrected chi connectivity index (χ1v) is 9.59. The highest BCUT2D eigenvalue weighted by Crippen LogP contribution is 2.28. The van der Waals surface area contributed by atoms with E-state index in [9.17, 15) is 14.9 Å². The number of hydrogen-bond donors (Lipinski definition) is 2. The summed E-state index contributed by atoms with van der Waals surface area (Å²) in [7, 11) is 0. The predicted octanol–water partition coefficient (Wildman–Crippen LogP) is 2.55. The van der Waals surface area contributed by atoms with Gasteiger partial charge in [0.25, 0.3) is 11.6 Å². The van der Waals surface area contributed by atoms with Crippen LogP contribution < -0.4 is 10.6 Å². The third-order valence-corrected chi connectivity index (χ3v) is 5.59. The molecule has 1 aromatic heterocycles. The number of thiocarbonyl (C=S) groups is 1. The molecule has 1 unspecified atom stereocenters. The van der Waals surface area contributed by atoms with Crippen LogP contribution in [0.3, 0.4) is 0 Å². The van der Waals surface area contributed by atoms with E-state index < -0.39 is 10.8 Å². The second-order valence-electron chi connectivity index (χ2n) is 7.14. The quantitative estimate of drug-likeness (QED) is 0.462. The van der Waals surface area contributed by atoms with Crippen LogP contribution in [0, 0.1) is 16.0 Å². The molecular formula is C19H20N4O4S. The molecule has 2 bridgehead atoms. The van der Waals surface area contributed by atoms with Crippen LogP contribution in [-0.4, -0.2) is 46.5 Å². The second-order valence-corrected chi connectivity index (χ2v) is 7.55. The van der Waals surface area contributed by atoms with Crippen molar-refractivity contribution in [1.29, 1.82) is 0 Å². The minimum absolute atomic E-state index is 0.0391. The highest BCUT2D eigenvalue weighted by atomic mass is 32.1. The Kier molecular flexibility index (Phi) is 5.10. The molecule has 0 saturated carbocycles. The molecule has 2 N–H and O–H groups in total. The van der Waals surface area contributed by atoms with Crippen molar-refractivity contribution in [3.63, 3.8) is 0 Å². The smallest absolute Gasteiger partial charge is 0.293 e. The van der Waals surface area contributed by atoms with Gasteiger partial charge in [-0.05, 0) is 56.2 Å². The van der Waals surface area contributed by atoms with Crippen molar-refractivity contribution in [2.45, 2.75) is 18.9 Å². The summed E-state index contributed by atoms with van der Waals surface area (Å²) < 4.78 is 5.58. The fourth-order valence-electron chi connectivity index (χ4n) is 3.89. The van der Waals surface area contributed by atoms with Gasteiger partial charge in [-0.25, -0.2) is 0 Å². The minimum atomic E-state index is -0.474. The first kappa shape index (κ1) is 18.6. The molecule has 1 aromatic carbocycles. The summed E-state index contributed by atoms with van der Waals surface area (Å²) in [5, 5.41) is 17.1. The molecule has 8 nitrogen and oxygen atoms in total. The Bertz CT molecular complexity index is 920. The molecule has 0 radical (unpaired) electrons. The third kappa shape index (κ3) is 3.90. The van der Waals surface area contributed by atoms with Crippen molar-refractivity contribution >= 4 is 28.9 Å². The lowest BCUT2D eigenvalue weighted by Crippen LogP contribution is -2.59. The molecule has 1 atom stereocenters. The summed E-state index contributed by atoms with van der Waals surface area (Å²) in [5.74, 6) is 0.615. The Labute approximate surface area is 167 Å². The van der Waals surface area contributed by atoms with Gasteiger partial charge in [-0.3, -0.25) is 20.2 Å². The van der Waals surface area contributed by atoms with Gasteiger partial charge in [-0.2, -0.15) is 0 Å². The van der Waals surface area contributed by atoms with Gasteiger partial charge in [0.2, 0.25) is 0 Å². The largest absolute Gasteiger partial charge is 0.451 e. The molecule has 3 saturated heterocycles. The lowest BCUT2D eigenvalue weighted by molar-refractivity contribution is -0.384. The monoisotopic (exact) mass is 400 g/mol. The number of furan rings is 1. The van der Waals surface area contributed by atoms with E-state index in [1.807, 2.05) is 0 Å². The predicted molar refractivity (Wildman–Crippen MR) is 107 cm³/mol. The molecule has 3 aliphatic rings. The van der Waals surface area contributed by atoms with E-state index in [4.69, 9.17) is 16.6 Å². The van der Waals surface area contributed by atoms with E-state index in [0.29, 0.717) is 17.2 Å². The lowest BCUT2D eigenvalue weighted by Gasteiger charge is -2.45. The average Bonchev–Trinajstić information content (AvgIpc) is 3.19. The average molecular weight is 400 g/mol. The van der Waals surface area contributed by atoms with Gasteiger partial charge in [0.15, 0.2) is 10.9 Å². The number of rotatable bonds is 4. The van der Waals surface area contributed by atoms with Crippen molar-refractivity contribution in [1.82, 2.24) is 15.5 Å². The Morgan fingerprint density at radius 3 is 2.71 bits per heavy atom. The van der Waals surface area contributed by atoms with Gasteiger partial charge in [0.05, 0.1) is 4.92 Å². The summed E-state index contributed by atoms with van der Waals surface area (Å²) in [6.45, 7) is 3.21. The number of nitro groups is 1. The third-order valence-electron chi connectivity index (χ3n) is 5.37. The van der Waals surface area contributed by atoms with Crippen LogP contribution >= 0.6 is 12.2 Å². The zero-order valence-electron chi connectivity index (χ0n) is 15.1. The zero-order valence-corrected chi connectivity index (χ0v) is 15.9. The van der Waals surface area contributed by atoms with E-state index >= 15 is 0 Å². The van der Waals surface area contributed by atoms with E-state index in [1.165, 1.54) is 18.2 Å². The van der Waals surface area contributed by atoms with Gasteiger partial charge in [0, 0.05) is 30.3 Å². The maximum absolute atomic E-state index is 12.4. The molecule has 3 aliphatic heterocycles. The van der Waals surface area contributed by atoms with Crippen molar-refractivity contribution in [2.75, 3.05) is 19.6 Å². The van der Waals surface area contributed by atoms with Gasteiger partial charge < -0.3 is 14.6 Å². The lowest BCUT2D eigenvalue weighted by atomic mass is 9.84. The van der Waals surface area contributed by atoms with Crippen LogP contribution in [0.4, 0.5) is 5.69 Å². The van der Waals surface area contributed by atoms with Crippen LogP contribution in [0.1, 0.15) is 23.4 Å². The Hall–Kier alpha value is -2.78. The normalized spacial score (nSPS) is 23.2. The van der Waals surface area contributed by atoms with Crippen LogP contribution in [0.2, 0.25) is 0 Å². The summed E-state index contributed by atoms with van der Waals surface area (Å²) in [4.78, 5) is 25.3. The maximum atomic E-state index is 12.4. The maximum Gasteiger partial charge on any atom is 0.293 e.